The number of Topliss-reactive ketones (excluding diaryl/α,β-unsaturated/α-hetero) is 1. The van der Waals surface area contributed by atoms with Crippen LogP contribution in [0.2, 0.25) is 0 Å². The van der Waals surface area contributed by atoms with E-state index >= 15 is 0 Å². The van der Waals surface area contributed by atoms with Crippen LogP contribution in [-0.4, -0.2) is 30.2 Å². The van der Waals surface area contributed by atoms with Crippen molar-refractivity contribution in [1.82, 2.24) is 0 Å². The zero-order chi connectivity index (χ0) is 18.1. The summed E-state index contributed by atoms with van der Waals surface area (Å²) >= 11 is 0. The van der Waals surface area contributed by atoms with E-state index in [1.165, 1.54) is 37.3 Å². The summed E-state index contributed by atoms with van der Waals surface area (Å²) in [6.45, 7) is 0.906. The lowest BCUT2D eigenvalue weighted by Crippen LogP contribution is -2.29. The maximum atomic E-state index is 13.0. The number of carbonyl (C=O) groups excluding carboxylic acids is 4. The zero-order valence-corrected chi connectivity index (χ0v) is 13.1. The fourth-order valence-electron chi connectivity index (χ4n) is 2.44. The van der Waals surface area contributed by atoms with Gasteiger partial charge in [0.2, 0.25) is 0 Å². The van der Waals surface area contributed by atoms with Crippen molar-refractivity contribution in [2.45, 2.75) is 6.92 Å². The molecule has 2 aromatic carbocycles. The SMILES string of the molecule is CC(=O)COC(=O)c1ccc2c(c1)C(=O)N(c1ccc(F)cc1)C2=O. The second-order valence-electron chi connectivity index (χ2n) is 5.46. The number of hydrogen-bond donors (Lipinski definition) is 0. The van der Waals surface area contributed by atoms with E-state index in [9.17, 15) is 23.6 Å². The number of ketones is 1. The van der Waals surface area contributed by atoms with Crippen molar-refractivity contribution in [3.8, 4) is 0 Å². The number of halogens is 1. The number of rotatable bonds is 4. The van der Waals surface area contributed by atoms with Crippen LogP contribution in [0, 0.1) is 5.82 Å². The third kappa shape index (κ3) is 3.03. The van der Waals surface area contributed by atoms with Gasteiger partial charge >= 0.3 is 5.97 Å². The Hall–Kier alpha value is -3.35. The van der Waals surface area contributed by atoms with Crippen LogP contribution >= 0.6 is 0 Å². The van der Waals surface area contributed by atoms with Crippen LogP contribution in [0.25, 0.3) is 0 Å². The van der Waals surface area contributed by atoms with Gasteiger partial charge in [0.15, 0.2) is 5.78 Å². The standard InChI is InChI=1S/C18H12FNO5/c1-10(21)9-25-18(24)11-2-7-14-15(8-11)17(23)20(16(14)22)13-5-3-12(19)4-6-13/h2-8H,9H2,1H3. The van der Waals surface area contributed by atoms with Gasteiger partial charge in [-0.3, -0.25) is 14.4 Å². The Labute approximate surface area is 141 Å². The lowest BCUT2D eigenvalue weighted by Gasteiger charge is -2.13. The van der Waals surface area contributed by atoms with Gasteiger partial charge in [0, 0.05) is 0 Å². The van der Waals surface area contributed by atoms with E-state index < -0.39 is 23.6 Å². The van der Waals surface area contributed by atoms with Crippen molar-refractivity contribution in [3.05, 3.63) is 65.0 Å². The Balaban J connectivity index is 1.91. The van der Waals surface area contributed by atoms with Crippen molar-refractivity contribution >= 4 is 29.3 Å². The Kier molecular flexibility index (Phi) is 4.14. The summed E-state index contributed by atoms with van der Waals surface area (Å²) in [6, 6.07) is 8.87. The minimum absolute atomic E-state index is 0.0478. The first kappa shape index (κ1) is 16.5. The summed E-state index contributed by atoms with van der Waals surface area (Å²) in [5.41, 5.74) is 0.472. The summed E-state index contributed by atoms with van der Waals surface area (Å²) in [7, 11) is 0. The number of carbonyl (C=O) groups is 4. The highest BCUT2D eigenvalue weighted by Crippen LogP contribution is 2.29. The number of esters is 1. The Bertz CT molecular complexity index is 904. The molecular formula is C18H12FNO5. The van der Waals surface area contributed by atoms with Crippen LogP contribution in [0.3, 0.4) is 0 Å². The largest absolute Gasteiger partial charge is 0.454 e. The van der Waals surface area contributed by atoms with E-state index in [0.717, 1.165) is 17.0 Å². The maximum absolute atomic E-state index is 13.0. The molecule has 126 valence electrons. The number of fused-ring (bicyclic) bond motifs is 1. The van der Waals surface area contributed by atoms with E-state index in [4.69, 9.17) is 4.74 Å². The van der Waals surface area contributed by atoms with Crippen LogP contribution in [0.5, 0.6) is 0 Å². The summed E-state index contributed by atoms with van der Waals surface area (Å²) in [5.74, 6) is -2.75. The molecule has 25 heavy (non-hydrogen) atoms. The molecule has 0 atom stereocenters. The summed E-state index contributed by atoms with van der Waals surface area (Å²) < 4.78 is 17.8. The maximum Gasteiger partial charge on any atom is 0.338 e. The molecule has 0 aliphatic carbocycles. The highest BCUT2D eigenvalue weighted by Gasteiger charge is 2.37. The van der Waals surface area contributed by atoms with Gasteiger partial charge in [-0.2, -0.15) is 0 Å². The van der Waals surface area contributed by atoms with E-state index in [1.807, 2.05) is 0 Å². The van der Waals surface area contributed by atoms with E-state index in [1.54, 1.807) is 0 Å². The molecule has 0 bridgehead atoms. The first-order valence-corrected chi connectivity index (χ1v) is 7.33. The lowest BCUT2D eigenvalue weighted by molar-refractivity contribution is -0.120. The van der Waals surface area contributed by atoms with E-state index in [-0.39, 0.29) is 34.8 Å². The number of ether oxygens (including phenoxy) is 1. The highest BCUT2D eigenvalue weighted by molar-refractivity contribution is 6.34. The monoisotopic (exact) mass is 341 g/mol. The second kappa shape index (κ2) is 6.27. The average molecular weight is 341 g/mol. The van der Waals surface area contributed by atoms with Gasteiger partial charge in [-0.15, -0.1) is 0 Å². The van der Waals surface area contributed by atoms with Gasteiger partial charge in [0.1, 0.15) is 12.4 Å². The first-order chi connectivity index (χ1) is 11.9. The highest BCUT2D eigenvalue weighted by atomic mass is 19.1. The number of benzene rings is 2. The molecule has 0 saturated carbocycles. The number of anilines is 1. The molecule has 6 nitrogen and oxygen atoms in total. The first-order valence-electron chi connectivity index (χ1n) is 7.33. The molecule has 0 aromatic heterocycles. The zero-order valence-electron chi connectivity index (χ0n) is 13.1. The predicted molar refractivity (Wildman–Crippen MR) is 84.9 cm³/mol. The minimum Gasteiger partial charge on any atom is -0.454 e. The molecule has 0 N–H and O–H groups in total. The van der Waals surface area contributed by atoms with Crippen LogP contribution in [0.1, 0.15) is 38.0 Å². The molecule has 3 rings (SSSR count). The van der Waals surface area contributed by atoms with Gasteiger partial charge in [0.25, 0.3) is 11.8 Å². The average Bonchev–Trinajstić information content (AvgIpc) is 2.84. The normalized spacial score (nSPS) is 13.0. The van der Waals surface area contributed by atoms with Crippen LogP contribution < -0.4 is 4.90 Å². The van der Waals surface area contributed by atoms with Gasteiger partial charge in [-0.1, -0.05) is 0 Å². The predicted octanol–water partition coefficient (Wildman–Crippen LogP) is 2.37. The second-order valence-corrected chi connectivity index (χ2v) is 5.46. The molecular weight excluding hydrogens is 329 g/mol. The Morgan fingerprint density at radius 2 is 1.64 bits per heavy atom. The van der Waals surface area contributed by atoms with Gasteiger partial charge < -0.3 is 4.74 Å². The smallest absolute Gasteiger partial charge is 0.338 e. The lowest BCUT2D eigenvalue weighted by atomic mass is 10.1. The van der Waals surface area contributed by atoms with Gasteiger partial charge in [-0.25, -0.2) is 14.1 Å². The third-order valence-electron chi connectivity index (χ3n) is 3.61. The van der Waals surface area contributed by atoms with Crippen LogP contribution in [0.15, 0.2) is 42.5 Å². The number of hydrogen-bond acceptors (Lipinski definition) is 5. The van der Waals surface area contributed by atoms with Crippen LogP contribution in [-0.2, 0) is 9.53 Å². The summed E-state index contributed by atoms with van der Waals surface area (Å²) in [6.07, 6.45) is 0. The molecule has 0 radical (unpaired) electrons. The molecule has 1 heterocycles. The Morgan fingerprint density at radius 3 is 2.28 bits per heavy atom. The molecule has 1 aliphatic heterocycles. The van der Waals surface area contributed by atoms with E-state index in [2.05, 4.69) is 0 Å². The summed E-state index contributed by atoms with van der Waals surface area (Å²) in [5, 5.41) is 0. The fourth-order valence-corrected chi connectivity index (χ4v) is 2.44. The Morgan fingerprint density at radius 1 is 1.00 bits per heavy atom. The molecule has 0 unspecified atom stereocenters. The van der Waals surface area contributed by atoms with Gasteiger partial charge in [-0.05, 0) is 49.4 Å². The molecule has 7 heteroatoms. The van der Waals surface area contributed by atoms with Crippen molar-refractivity contribution in [3.63, 3.8) is 0 Å². The van der Waals surface area contributed by atoms with Crippen molar-refractivity contribution in [1.29, 1.82) is 0 Å². The molecule has 0 fully saturated rings. The van der Waals surface area contributed by atoms with Crippen LogP contribution in [0.4, 0.5) is 10.1 Å². The summed E-state index contributed by atoms with van der Waals surface area (Å²) in [4.78, 5) is 48.7. The fraction of sp³-hybridized carbons (Fsp3) is 0.111. The quantitative estimate of drug-likeness (QED) is 0.630. The molecule has 1 aliphatic rings. The number of nitrogens with zero attached hydrogens (tertiary/aromatic N) is 1. The van der Waals surface area contributed by atoms with Crippen molar-refractivity contribution in [2.75, 3.05) is 11.5 Å². The van der Waals surface area contributed by atoms with Crippen molar-refractivity contribution < 1.29 is 28.3 Å². The van der Waals surface area contributed by atoms with Gasteiger partial charge in [0.05, 0.1) is 22.4 Å². The molecule has 0 spiro atoms. The molecule has 0 saturated heterocycles. The molecule has 2 amide bonds. The molecule has 2 aromatic rings. The topological polar surface area (TPSA) is 80.8 Å². The van der Waals surface area contributed by atoms with E-state index in [0.29, 0.717) is 0 Å². The number of amides is 2. The number of imide groups is 1. The minimum atomic E-state index is -0.765. The van der Waals surface area contributed by atoms with Crippen molar-refractivity contribution in [2.24, 2.45) is 0 Å². The third-order valence-corrected chi connectivity index (χ3v) is 3.61.